The Hall–Kier alpha value is -1.38. The molecule has 2 aliphatic carbocycles. The van der Waals surface area contributed by atoms with Crippen LogP contribution in [0, 0.1) is 11.8 Å². The number of rotatable bonds is 4. The Labute approximate surface area is 143 Å². The van der Waals surface area contributed by atoms with Gasteiger partial charge in [-0.15, -0.1) is 0 Å². The van der Waals surface area contributed by atoms with E-state index in [4.69, 9.17) is 11.6 Å². The van der Waals surface area contributed by atoms with Crippen molar-refractivity contribution in [3.05, 3.63) is 64.9 Å². The van der Waals surface area contributed by atoms with E-state index in [9.17, 15) is 0 Å². The Morgan fingerprint density at radius 3 is 2.57 bits per heavy atom. The molecule has 0 aliphatic heterocycles. The number of nitrogens with one attached hydrogen (secondary N) is 1. The lowest BCUT2D eigenvalue weighted by atomic mass is 9.53. The molecule has 4 atom stereocenters. The minimum Gasteiger partial charge on any atom is -0.309 e. The highest BCUT2D eigenvalue weighted by Gasteiger charge is 2.50. The molecule has 4 rings (SSSR count). The Morgan fingerprint density at radius 2 is 1.83 bits per heavy atom. The quantitative estimate of drug-likeness (QED) is 0.873. The van der Waals surface area contributed by atoms with Crippen molar-refractivity contribution < 1.29 is 0 Å². The molecular formula is C20H23ClN2. The molecule has 3 heteroatoms. The molecule has 1 heterocycles. The minimum atomic E-state index is 0.585. The van der Waals surface area contributed by atoms with Gasteiger partial charge in [-0.05, 0) is 54.0 Å². The summed E-state index contributed by atoms with van der Waals surface area (Å²) >= 11 is 6.07. The first-order chi connectivity index (χ1) is 11.3. The van der Waals surface area contributed by atoms with E-state index in [2.05, 4.69) is 28.5 Å². The number of halogens is 1. The fourth-order valence-corrected chi connectivity index (χ4v) is 4.75. The first kappa shape index (κ1) is 15.2. The number of hydrogen-bond acceptors (Lipinski definition) is 2. The molecule has 1 aromatic heterocycles. The van der Waals surface area contributed by atoms with Crippen LogP contribution in [0.3, 0.4) is 0 Å². The molecule has 1 N–H and O–H groups in total. The molecule has 120 valence electrons. The third-order valence-electron chi connectivity index (χ3n) is 5.70. The van der Waals surface area contributed by atoms with Crippen LogP contribution < -0.4 is 5.32 Å². The van der Waals surface area contributed by atoms with Gasteiger partial charge in [0.05, 0.1) is 0 Å². The van der Waals surface area contributed by atoms with Crippen molar-refractivity contribution in [2.24, 2.45) is 11.8 Å². The average Bonchev–Trinajstić information content (AvgIpc) is 2.59. The largest absolute Gasteiger partial charge is 0.309 e. The Bertz CT molecular complexity index is 640. The van der Waals surface area contributed by atoms with Crippen LogP contribution in [-0.2, 0) is 6.54 Å². The molecule has 0 saturated heterocycles. The van der Waals surface area contributed by atoms with E-state index >= 15 is 0 Å². The smallest absolute Gasteiger partial charge is 0.0406 e. The van der Waals surface area contributed by atoms with Gasteiger partial charge in [0, 0.05) is 35.9 Å². The van der Waals surface area contributed by atoms with Gasteiger partial charge < -0.3 is 5.32 Å². The second-order valence-electron chi connectivity index (χ2n) is 6.96. The number of fused-ring (bicyclic) bond motifs is 1. The van der Waals surface area contributed by atoms with Gasteiger partial charge in [0.2, 0.25) is 0 Å². The fourth-order valence-electron chi connectivity index (χ4n) is 4.62. The summed E-state index contributed by atoms with van der Waals surface area (Å²) in [4.78, 5) is 4.22. The average molecular weight is 327 g/mol. The van der Waals surface area contributed by atoms with Crippen LogP contribution in [0.5, 0.6) is 0 Å². The summed E-state index contributed by atoms with van der Waals surface area (Å²) in [7, 11) is 0. The second kappa shape index (κ2) is 6.62. The Kier molecular flexibility index (Phi) is 4.37. The topological polar surface area (TPSA) is 24.9 Å². The molecule has 0 bridgehead atoms. The van der Waals surface area contributed by atoms with Crippen LogP contribution in [0.25, 0.3) is 0 Å². The van der Waals surface area contributed by atoms with Crippen molar-refractivity contribution in [3.8, 4) is 0 Å². The number of pyridine rings is 1. The van der Waals surface area contributed by atoms with Gasteiger partial charge in [0.25, 0.3) is 0 Å². The van der Waals surface area contributed by atoms with Gasteiger partial charge in [-0.1, -0.05) is 42.6 Å². The van der Waals surface area contributed by atoms with E-state index in [1.165, 1.54) is 36.8 Å². The molecule has 0 spiro atoms. The van der Waals surface area contributed by atoms with Crippen molar-refractivity contribution in [1.29, 1.82) is 0 Å². The highest BCUT2D eigenvalue weighted by molar-refractivity contribution is 6.30. The number of nitrogens with zero attached hydrogens (tertiary/aromatic N) is 1. The van der Waals surface area contributed by atoms with Crippen LogP contribution in [0.4, 0.5) is 0 Å². The lowest BCUT2D eigenvalue weighted by Crippen LogP contribution is -2.57. The molecule has 0 amide bonds. The highest BCUT2D eigenvalue weighted by atomic mass is 35.5. The maximum Gasteiger partial charge on any atom is 0.0406 e. The van der Waals surface area contributed by atoms with Crippen molar-refractivity contribution in [2.75, 3.05) is 0 Å². The summed E-state index contributed by atoms with van der Waals surface area (Å²) in [5.74, 6) is 2.31. The number of aromatic nitrogens is 1. The molecular weight excluding hydrogens is 304 g/mol. The van der Waals surface area contributed by atoms with Crippen molar-refractivity contribution >= 4 is 11.6 Å². The highest BCUT2D eigenvalue weighted by Crippen LogP contribution is 2.54. The molecule has 2 nitrogen and oxygen atoms in total. The zero-order valence-electron chi connectivity index (χ0n) is 13.3. The van der Waals surface area contributed by atoms with Crippen LogP contribution in [0.2, 0.25) is 5.02 Å². The zero-order valence-corrected chi connectivity index (χ0v) is 14.0. The number of benzene rings is 1. The maximum absolute atomic E-state index is 6.07. The normalized spacial score (nSPS) is 29.6. The van der Waals surface area contributed by atoms with E-state index < -0.39 is 0 Å². The lowest BCUT2D eigenvalue weighted by molar-refractivity contribution is 0.0254. The van der Waals surface area contributed by atoms with E-state index in [0.29, 0.717) is 12.0 Å². The third-order valence-corrected chi connectivity index (χ3v) is 5.96. The fraction of sp³-hybridized carbons (Fsp3) is 0.450. The molecule has 2 aliphatic rings. The molecule has 2 saturated carbocycles. The van der Waals surface area contributed by atoms with Crippen molar-refractivity contribution in [1.82, 2.24) is 10.3 Å². The predicted octanol–water partition coefficient (Wildman–Crippen LogP) is 4.80. The van der Waals surface area contributed by atoms with Crippen LogP contribution in [-0.4, -0.2) is 11.0 Å². The summed E-state index contributed by atoms with van der Waals surface area (Å²) in [6.45, 7) is 0.909. The summed E-state index contributed by atoms with van der Waals surface area (Å²) < 4.78 is 0. The van der Waals surface area contributed by atoms with E-state index in [-0.39, 0.29) is 0 Å². The molecule has 23 heavy (non-hydrogen) atoms. The third kappa shape index (κ3) is 3.02. The van der Waals surface area contributed by atoms with Gasteiger partial charge in [0.1, 0.15) is 0 Å². The van der Waals surface area contributed by atoms with Crippen LogP contribution in [0.1, 0.15) is 42.7 Å². The monoisotopic (exact) mass is 326 g/mol. The summed E-state index contributed by atoms with van der Waals surface area (Å²) in [6, 6.07) is 13.2. The maximum atomic E-state index is 6.07. The van der Waals surface area contributed by atoms with E-state index in [1.54, 1.807) is 0 Å². The van der Waals surface area contributed by atoms with Gasteiger partial charge in [-0.3, -0.25) is 4.98 Å². The van der Waals surface area contributed by atoms with Crippen molar-refractivity contribution in [2.45, 2.75) is 44.2 Å². The summed E-state index contributed by atoms with van der Waals surface area (Å²) in [6.07, 6.45) is 9.32. The van der Waals surface area contributed by atoms with Crippen LogP contribution in [0.15, 0.2) is 48.8 Å². The number of hydrogen-bond donors (Lipinski definition) is 1. The molecule has 0 radical (unpaired) electrons. The van der Waals surface area contributed by atoms with E-state index in [1.807, 2.05) is 30.6 Å². The predicted molar refractivity (Wildman–Crippen MR) is 94.5 cm³/mol. The van der Waals surface area contributed by atoms with E-state index in [0.717, 1.165) is 23.4 Å². The first-order valence-electron chi connectivity index (χ1n) is 8.71. The molecule has 2 fully saturated rings. The standard InChI is InChI=1S/C20H23ClN2/c21-16-9-7-15(8-10-16)19-17-5-1-2-6-18(17)20(19)23-13-14-4-3-11-22-12-14/h3-4,7-12,17-20,23H,1-2,5-6,13H2/t17-,18-,19+,20+/m1/s1. The molecule has 1 aromatic carbocycles. The summed E-state index contributed by atoms with van der Waals surface area (Å²) in [5, 5.41) is 4.65. The van der Waals surface area contributed by atoms with Gasteiger partial charge in [0.15, 0.2) is 0 Å². The SMILES string of the molecule is Clc1ccc([C@H]2[C@@H]3CCCC[C@H]3[C@@H]2NCc2cccnc2)cc1. The zero-order chi connectivity index (χ0) is 15.6. The van der Waals surface area contributed by atoms with Gasteiger partial charge >= 0.3 is 0 Å². The van der Waals surface area contributed by atoms with Gasteiger partial charge in [-0.25, -0.2) is 0 Å². The Balaban J connectivity index is 1.51. The van der Waals surface area contributed by atoms with Gasteiger partial charge in [-0.2, -0.15) is 0 Å². The second-order valence-corrected chi connectivity index (χ2v) is 7.39. The Morgan fingerprint density at radius 1 is 1.04 bits per heavy atom. The lowest BCUT2D eigenvalue weighted by Gasteiger charge is -2.55. The van der Waals surface area contributed by atoms with Crippen LogP contribution >= 0.6 is 11.6 Å². The summed E-state index contributed by atoms with van der Waals surface area (Å²) in [5.41, 5.74) is 2.71. The molecule has 0 unspecified atom stereocenters. The van der Waals surface area contributed by atoms with Crippen molar-refractivity contribution in [3.63, 3.8) is 0 Å². The minimum absolute atomic E-state index is 0.585. The first-order valence-corrected chi connectivity index (χ1v) is 9.08. The molecule has 2 aromatic rings.